The van der Waals surface area contributed by atoms with Crippen molar-refractivity contribution in [3.8, 4) is 11.8 Å². The zero-order valence-corrected chi connectivity index (χ0v) is 18.4. The highest BCUT2D eigenvalue weighted by Crippen LogP contribution is 2.24. The second kappa shape index (κ2) is 11.0. The van der Waals surface area contributed by atoms with E-state index in [1.165, 1.54) is 0 Å². The Labute approximate surface area is 181 Å². The third-order valence-electron chi connectivity index (χ3n) is 3.79. The molecule has 0 amide bonds. The largest absolute Gasteiger partial charge is 0.468 e. The zero-order valence-electron chi connectivity index (χ0n) is 18.4. The van der Waals surface area contributed by atoms with Crippen LogP contribution in [0.1, 0.15) is 27.7 Å². The third-order valence-corrected chi connectivity index (χ3v) is 3.79. The molecule has 9 nitrogen and oxygen atoms in total. The highest BCUT2D eigenvalue weighted by Gasteiger charge is 2.15. The highest BCUT2D eigenvalue weighted by atomic mass is 16.6. The van der Waals surface area contributed by atoms with Crippen LogP contribution in [0.4, 0.5) is 5.69 Å². The molecule has 2 heterocycles. The van der Waals surface area contributed by atoms with Gasteiger partial charge in [0.25, 0.3) is 6.47 Å². The number of fused-ring (bicyclic) bond motifs is 1. The van der Waals surface area contributed by atoms with Crippen LogP contribution < -0.4 is 10.1 Å². The maximum Gasteiger partial charge on any atom is 0.325 e. The first-order chi connectivity index (χ1) is 14.7. The van der Waals surface area contributed by atoms with Gasteiger partial charge < -0.3 is 24.1 Å². The first kappa shape index (κ1) is 23.7. The van der Waals surface area contributed by atoms with Crippen LogP contribution in [-0.4, -0.2) is 45.7 Å². The summed E-state index contributed by atoms with van der Waals surface area (Å²) in [5.41, 5.74) is 1.17. The number of nitrogens with one attached hydrogen (secondary N) is 1. The molecule has 1 N–H and O–H groups in total. The minimum absolute atomic E-state index is 0.0466. The smallest absolute Gasteiger partial charge is 0.325 e. The van der Waals surface area contributed by atoms with Gasteiger partial charge in [-0.25, -0.2) is 9.97 Å². The lowest BCUT2D eigenvalue weighted by Gasteiger charge is -2.19. The molecular weight excluding hydrogens is 400 g/mol. The SMILES string of the molecule is CCOC=O.Cn1ccc2ccc(Oc3ncc(NCC(=O)OC(C)(C)C)cn3)cc21. The fraction of sp³-hybridized carbons (Fsp3) is 0.364. The molecular formula is C22H28N4O5. The third kappa shape index (κ3) is 7.96. The van der Waals surface area contributed by atoms with Crippen LogP contribution in [0, 0.1) is 0 Å². The standard InChI is InChI=1S/C19H22N4O3.C3H6O2/c1-19(2,3)26-17(24)12-20-14-10-21-18(22-11-14)25-15-6-5-13-7-8-23(4)16(13)9-15;1-2-5-3-4/h5-11,20H,12H2,1-4H3;3H,2H2,1H3. The maximum absolute atomic E-state index is 11.7. The molecule has 1 aromatic carbocycles. The number of rotatable bonds is 7. The van der Waals surface area contributed by atoms with E-state index in [1.54, 1.807) is 19.3 Å². The molecule has 0 aliphatic rings. The molecule has 2 aromatic heterocycles. The summed E-state index contributed by atoms with van der Waals surface area (Å²) in [6, 6.07) is 8.08. The predicted molar refractivity (Wildman–Crippen MR) is 117 cm³/mol. The predicted octanol–water partition coefficient (Wildman–Crippen LogP) is 3.69. The van der Waals surface area contributed by atoms with Crippen LogP contribution >= 0.6 is 0 Å². The van der Waals surface area contributed by atoms with Crippen molar-refractivity contribution >= 4 is 29.0 Å². The number of aromatic nitrogens is 3. The van der Waals surface area contributed by atoms with Gasteiger partial charge in [-0.05, 0) is 51.3 Å². The number of esters is 1. The van der Waals surface area contributed by atoms with E-state index in [0.717, 1.165) is 10.9 Å². The molecule has 0 radical (unpaired) electrons. The second-order valence-electron chi connectivity index (χ2n) is 7.50. The molecule has 0 saturated heterocycles. The van der Waals surface area contributed by atoms with E-state index in [1.807, 2.05) is 62.8 Å². The number of benzene rings is 1. The van der Waals surface area contributed by atoms with Crippen molar-refractivity contribution in [1.82, 2.24) is 14.5 Å². The Morgan fingerprint density at radius 3 is 2.48 bits per heavy atom. The van der Waals surface area contributed by atoms with Crippen LogP contribution in [0.2, 0.25) is 0 Å². The quantitative estimate of drug-likeness (QED) is 0.449. The summed E-state index contributed by atoms with van der Waals surface area (Å²) in [4.78, 5) is 29.2. The first-order valence-electron chi connectivity index (χ1n) is 9.77. The van der Waals surface area contributed by atoms with E-state index in [9.17, 15) is 9.59 Å². The Bertz CT molecular complexity index is 993. The minimum Gasteiger partial charge on any atom is -0.468 e. The van der Waals surface area contributed by atoms with Gasteiger partial charge in [-0.15, -0.1) is 0 Å². The van der Waals surface area contributed by atoms with E-state index in [-0.39, 0.29) is 18.5 Å². The average molecular weight is 428 g/mol. The van der Waals surface area contributed by atoms with Crippen molar-refractivity contribution in [3.05, 3.63) is 42.9 Å². The fourth-order valence-electron chi connectivity index (χ4n) is 2.49. The molecule has 0 bridgehead atoms. The van der Waals surface area contributed by atoms with E-state index in [2.05, 4.69) is 20.0 Å². The summed E-state index contributed by atoms with van der Waals surface area (Å²) in [6.07, 6.45) is 5.12. The summed E-state index contributed by atoms with van der Waals surface area (Å²) >= 11 is 0. The van der Waals surface area contributed by atoms with Crippen LogP contribution in [0.3, 0.4) is 0 Å². The van der Waals surface area contributed by atoms with Gasteiger partial charge in [0, 0.05) is 19.3 Å². The minimum atomic E-state index is -0.508. The first-order valence-corrected chi connectivity index (χ1v) is 9.77. The molecule has 0 aliphatic heterocycles. The van der Waals surface area contributed by atoms with Crippen molar-refractivity contribution < 1.29 is 23.8 Å². The van der Waals surface area contributed by atoms with E-state index >= 15 is 0 Å². The maximum atomic E-state index is 11.7. The number of hydrogen-bond donors (Lipinski definition) is 1. The summed E-state index contributed by atoms with van der Waals surface area (Å²) in [6.45, 7) is 8.19. The Morgan fingerprint density at radius 2 is 1.90 bits per heavy atom. The number of aryl methyl sites for hydroxylation is 1. The van der Waals surface area contributed by atoms with Crippen molar-refractivity contribution in [1.29, 1.82) is 0 Å². The molecule has 0 spiro atoms. The molecule has 0 aliphatic carbocycles. The van der Waals surface area contributed by atoms with Gasteiger partial charge in [-0.2, -0.15) is 0 Å². The average Bonchev–Trinajstić information content (AvgIpc) is 3.08. The molecule has 0 unspecified atom stereocenters. The Kier molecular flexibility index (Phi) is 8.36. The van der Waals surface area contributed by atoms with Crippen molar-refractivity contribution in [2.24, 2.45) is 7.05 Å². The van der Waals surface area contributed by atoms with Gasteiger partial charge in [-0.3, -0.25) is 9.59 Å². The Morgan fingerprint density at radius 1 is 1.19 bits per heavy atom. The number of carbonyl (C=O) groups is 2. The number of hydrogen-bond acceptors (Lipinski definition) is 8. The van der Waals surface area contributed by atoms with Crippen molar-refractivity contribution in [3.63, 3.8) is 0 Å². The van der Waals surface area contributed by atoms with Gasteiger partial charge in [0.2, 0.25) is 0 Å². The fourth-order valence-corrected chi connectivity index (χ4v) is 2.49. The molecule has 9 heteroatoms. The van der Waals surface area contributed by atoms with E-state index in [0.29, 0.717) is 24.5 Å². The number of carbonyl (C=O) groups excluding carboxylic acids is 2. The van der Waals surface area contributed by atoms with Crippen molar-refractivity contribution in [2.45, 2.75) is 33.3 Å². The number of nitrogens with zero attached hydrogens (tertiary/aromatic N) is 3. The van der Waals surface area contributed by atoms with Crippen LogP contribution in [0.25, 0.3) is 10.9 Å². The van der Waals surface area contributed by atoms with Gasteiger partial charge in [-0.1, -0.05) is 0 Å². The van der Waals surface area contributed by atoms with Crippen LogP contribution in [0.5, 0.6) is 11.8 Å². The molecule has 0 fully saturated rings. The topological polar surface area (TPSA) is 105 Å². The van der Waals surface area contributed by atoms with Gasteiger partial charge in [0.15, 0.2) is 0 Å². The van der Waals surface area contributed by atoms with Gasteiger partial charge >= 0.3 is 12.0 Å². The Balaban J connectivity index is 0.000000614. The normalized spacial score (nSPS) is 10.6. The van der Waals surface area contributed by atoms with Crippen LogP contribution in [-0.2, 0) is 26.1 Å². The molecule has 3 aromatic rings. The van der Waals surface area contributed by atoms with E-state index in [4.69, 9.17) is 9.47 Å². The molecule has 166 valence electrons. The Hall–Kier alpha value is -3.62. The van der Waals surface area contributed by atoms with E-state index < -0.39 is 5.60 Å². The lowest BCUT2D eigenvalue weighted by atomic mass is 10.2. The summed E-state index contributed by atoms with van der Waals surface area (Å²) < 4.78 is 17.1. The second-order valence-corrected chi connectivity index (χ2v) is 7.50. The number of ether oxygens (including phenoxy) is 3. The van der Waals surface area contributed by atoms with Gasteiger partial charge in [0.05, 0.1) is 30.2 Å². The zero-order chi connectivity index (χ0) is 22.9. The van der Waals surface area contributed by atoms with Crippen molar-refractivity contribution in [2.75, 3.05) is 18.5 Å². The molecule has 3 rings (SSSR count). The highest BCUT2D eigenvalue weighted by molar-refractivity contribution is 5.81. The number of anilines is 1. The lowest BCUT2D eigenvalue weighted by Crippen LogP contribution is -2.28. The van der Waals surface area contributed by atoms with Gasteiger partial charge in [0.1, 0.15) is 17.9 Å². The lowest BCUT2D eigenvalue weighted by molar-refractivity contribution is -0.152. The van der Waals surface area contributed by atoms with Crippen LogP contribution in [0.15, 0.2) is 42.9 Å². The summed E-state index contributed by atoms with van der Waals surface area (Å²) in [5, 5.41) is 4.07. The monoisotopic (exact) mass is 428 g/mol. The summed E-state index contributed by atoms with van der Waals surface area (Å²) in [5.74, 6) is 0.322. The molecule has 31 heavy (non-hydrogen) atoms. The molecule has 0 saturated carbocycles. The molecule has 0 atom stereocenters. The summed E-state index contributed by atoms with van der Waals surface area (Å²) in [7, 11) is 1.98.